The lowest BCUT2D eigenvalue weighted by molar-refractivity contribution is -0.139. The predicted molar refractivity (Wildman–Crippen MR) is 63.0 cm³/mol. The minimum Gasteiger partial charge on any atom is -0.479 e. The predicted octanol–water partition coefficient (Wildman–Crippen LogP) is 1.63. The summed E-state index contributed by atoms with van der Waals surface area (Å²) in [6, 6.07) is 5.68. The quantitative estimate of drug-likeness (QED) is 0.771. The van der Waals surface area contributed by atoms with Gasteiger partial charge in [0.25, 0.3) is 5.91 Å². The number of nitrogens with one attached hydrogen (secondary N) is 2. The molecule has 0 aliphatic heterocycles. The number of carboxylic acids is 1. The Balaban J connectivity index is 2.14. The number of amides is 1. The normalized spacial score (nSPS) is 12.0. The van der Waals surface area contributed by atoms with Crippen LogP contribution in [0.5, 0.6) is 0 Å². The first-order chi connectivity index (χ1) is 8.18. The van der Waals surface area contributed by atoms with Gasteiger partial charge in [0, 0.05) is 11.1 Å². The molecule has 0 spiro atoms. The number of carbonyl (C=O) groups is 2. The first kappa shape index (κ1) is 11.4. The summed E-state index contributed by atoms with van der Waals surface area (Å²) in [5.74, 6) is -1.51. The second-order valence-electron chi connectivity index (χ2n) is 3.34. The molecule has 0 saturated carbocycles. The standard InChI is InChI=1S/C11H10N2O3S/c14-10(7-3-1-5-12-7)13-9(11(15)16)8-4-2-6-17-8/h1-6,9,12H,(H,13,14)(H,15,16). The van der Waals surface area contributed by atoms with E-state index in [0.29, 0.717) is 10.6 Å². The Bertz CT molecular complexity index is 505. The zero-order chi connectivity index (χ0) is 12.3. The molecule has 5 nitrogen and oxygen atoms in total. The third-order valence-electron chi connectivity index (χ3n) is 2.19. The van der Waals surface area contributed by atoms with Gasteiger partial charge < -0.3 is 15.4 Å². The van der Waals surface area contributed by atoms with Crippen molar-refractivity contribution in [3.05, 3.63) is 46.4 Å². The van der Waals surface area contributed by atoms with E-state index < -0.39 is 17.9 Å². The Morgan fingerprint density at radius 2 is 2.18 bits per heavy atom. The van der Waals surface area contributed by atoms with Gasteiger partial charge in [-0.05, 0) is 23.6 Å². The SMILES string of the molecule is O=C(NC(C(=O)O)c1cccs1)c1ccc[nH]1. The van der Waals surface area contributed by atoms with E-state index in [1.807, 2.05) is 0 Å². The highest BCUT2D eigenvalue weighted by Gasteiger charge is 2.23. The largest absolute Gasteiger partial charge is 0.479 e. The lowest BCUT2D eigenvalue weighted by atomic mass is 10.2. The second-order valence-corrected chi connectivity index (χ2v) is 4.32. The van der Waals surface area contributed by atoms with Crippen LogP contribution in [-0.2, 0) is 4.79 Å². The van der Waals surface area contributed by atoms with Gasteiger partial charge in [0.2, 0.25) is 0 Å². The molecule has 0 bridgehead atoms. The van der Waals surface area contributed by atoms with Crippen LogP contribution in [0.4, 0.5) is 0 Å². The van der Waals surface area contributed by atoms with Crippen molar-refractivity contribution < 1.29 is 14.7 Å². The molecule has 0 aromatic carbocycles. The Hall–Kier alpha value is -2.08. The van der Waals surface area contributed by atoms with Crippen molar-refractivity contribution in [2.24, 2.45) is 0 Å². The molecular formula is C11H10N2O3S. The molecular weight excluding hydrogens is 240 g/mol. The third kappa shape index (κ3) is 2.54. The number of carbonyl (C=O) groups excluding carboxylic acids is 1. The summed E-state index contributed by atoms with van der Waals surface area (Å²) in [5.41, 5.74) is 0.341. The molecule has 0 saturated heterocycles. The molecule has 0 fully saturated rings. The molecule has 2 rings (SSSR count). The fourth-order valence-electron chi connectivity index (χ4n) is 1.39. The lowest BCUT2D eigenvalue weighted by Gasteiger charge is -2.11. The van der Waals surface area contributed by atoms with Gasteiger partial charge in [0.1, 0.15) is 5.69 Å². The summed E-state index contributed by atoms with van der Waals surface area (Å²) in [5, 5.41) is 13.3. The van der Waals surface area contributed by atoms with Crippen LogP contribution in [0.3, 0.4) is 0 Å². The number of H-pyrrole nitrogens is 1. The van der Waals surface area contributed by atoms with Gasteiger partial charge in [-0.1, -0.05) is 6.07 Å². The van der Waals surface area contributed by atoms with Crippen LogP contribution in [-0.4, -0.2) is 22.0 Å². The Morgan fingerprint density at radius 3 is 2.71 bits per heavy atom. The molecule has 88 valence electrons. The van der Waals surface area contributed by atoms with Crippen molar-refractivity contribution in [2.45, 2.75) is 6.04 Å². The van der Waals surface area contributed by atoms with Crippen LogP contribution in [0.25, 0.3) is 0 Å². The maximum Gasteiger partial charge on any atom is 0.331 e. The maximum absolute atomic E-state index is 11.7. The molecule has 1 atom stereocenters. The number of thiophene rings is 1. The lowest BCUT2D eigenvalue weighted by Crippen LogP contribution is -2.33. The van der Waals surface area contributed by atoms with Gasteiger partial charge in [0.05, 0.1) is 0 Å². The summed E-state index contributed by atoms with van der Waals surface area (Å²) in [6.07, 6.45) is 1.61. The van der Waals surface area contributed by atoms with Crippen molar-refractivity contribution >= 4 is 23.2 Å². The zero-order valence-corrected chi connectivity index (χ0v) is 9.53. The van der Waals surface area contributed by atoms with Crippen molar-refractivity contribution in [3.8, 4) is 0 Å². The fourth-order valence-corrected chi connectivity index (χ4v) is 2.16. The van der Waals surface area contributed by atoms with E-state index in [4.69, 9.17) is 5.11 Å². The Kier molecular flexibility index (Phi) is 3.24. The number of aromatic nitrogens is 1. The van der Waals surface area contributed by atoms with Crippen molar-refractivity contribution in [3.63, 3.8) is 0 Å². The van der Waals surface area contributed by atoms with Crippen molar-refractivity contribution in [2.75, 3.05) is 0 Å². The first-order valence-electron chi connectivity index (χ1n) is 4.89. The van der Waals surface area contributed by atoms with E-state index in [1.165, 1.54) is 11.3 Å². The summed E-state index contributed by atoms with van der Waals surface area (Å²) in [6.45, 7) is 0. The summed E-state index contributed by atoms with van der Waals surface area (Å²) in [4.78, 5) is 26.1. The minimum atomic E-state index is -1.08. The maximum atomic E-state index is 11.7. The van der Waals surface area contributed by atoms with Crippen molar-refractivity contribution in [1.82, 2.24) is 10.3 Å². The Labute approximate surface area is 101 Å². The molecule has 2 aromatic rings. The average molecular weight is 250 g/mol. The summed E-state index contributed by atoms with van der Waals surface area (Å²) < 4.78 is 0. The number of carboxylic acid groups (broad SMARTS) is 1. The van der Waals surface area contributed by atoms with Crippen LogP contribution in [0.2, 0.25) is 0 Å². The van der Waals surface area contributed by atoms with Gasteiger partial charge in [-0.3, -0.25) is 4.79 Å². The molecule has 1 amide bonds. The van der Waals surface area contributed by atoms with Gasteiger partial charge in [-0.15, -0.1) is 11.3 Å². The number of rotatable bonds is 4. The van der Waals surface area contributed by atoms with E-state index in [1.54, 1.807) is 35.8 Å². The Morgan fingerprint density at radius 1 is 1.35 bits per heavy atom. The van der Waals surface area contributed by atoms with Gasteiger partial charge in [-0.25, -0.2) is 4.79 Å². The number of hydrogen-bond acceptors (Lipinski definition) is 3. The van der Waals surface area contributed by atoms with E-state index >= 15 is 0 Å². The average Bonchev–Trinajstić information content (AvgIpc) is 2.97. The van der Waals surface area contributed by atoms with Crippen LogP contribution in [0.1, 0.15) is 21.4 Å². The zero-order valence-electron chi connectivity index (χ0n) is 8.71. The molecule has 1 unspecified atom stereocenters. The van der Waals surface area contributed by atoms with Crippen LogP contribution < -0.4 is 5.32 Å². The van der Waals surface area contributed by atoms with Gasteiger partial charge in [-0.2, -0.15) is 0 Å². The molecule has 0 aliphatic rings. The van der Waals surface area contributed by atoms with Crippen molar-refractivity contribution in [1.29, 1.82) is 0 Å². The highest BCUT2D eigenvalue weighted by Crippen LogP contribution is 2.19. The molecule has 17 heavy (non-hydrogen) atoms. The smallest absolute Gasteiger partial charge is 0.331 e. The van der Waals surface area contributed by atoms with Crippen LogP contribution in [0, 0.1) is 0 Å². The van der Waals surface area contributed by atoms with E-state index in [9.17, 15) is 9.59 Å². The second kappa shape index (κ2) is 4.84. The van der Waals surface area contributed by atoms with E-state index in [2.05, 4.69) is 10.3 Å². The summed E-state index contributed by atoms with van der Waals surface area (Å²) in [7, 11) is 0. The number of aromatic amines is 1. The van der Waals surface area contributed by atoms with E-state index in [0.717, 1.165) is 0 Å². The first-order valence-corrected chi connectivity index (χ1v) is 5.77. The molecule has 0 aliphatic carbocycles. The third-order valence-corrected chi connectivity index (χ3v) is 3.13. The van der Waals surface area contributed by atoms with Gasteiger partial charge in [0.15, 0.2) is 6.04 Å². The summed E-state index contributed by atoms with van der Waals surface area (Å²) >= 11 is 1.29. The highest BCUT2D eigenvalue weighted by molar-refractivity contribution is 7.10. The molecule has 0 radical (unpaired) electrons. The minimum absolute atomic E-state index is 0.341. The van der Waals surface area contributed by atoms with Crippen LogP contribution >= 0.6 is 11.3 Å². The number of hydrogen-bond donors (Lipinski definition) is 3. The molecule has 2 heterocycles. The van der Waals surface area contributed by atoms with E-state index in [-0.39, 0.29) is 0 Å². The van der Waals surface area contributed by atoms with Gasteiger partial charge >= 0.3 is 5.97 Å². The molecule has 6 heteroatoms. The monoisotopic (exact) mass is 250 g/mol. The fraction of sp³-hybridized carbons (Fsp3) is 0.0909. The number of aliphatic carboxylic acids is 1. The highest BCUT2D eigenvalue weighted by atomic mass is 32.1. The topological polar surface area (TPSA) is 82.2 Å². The van der Waals surface area contributed by atoms with Crippen LogP contribution in [0.15, 0.2) is 35.8 Å². The molecule has 3 N–H and O–H groups in total. The molecule has 2 aromatic heterocycles.